The Morgan fingerprint density at radius 1 is 1.47 bits per heavy atom. The molecular formula is C14H15BrNO. The van der Waals surface area contributed by atoms with Crippen molar-refractivity contribution < 1.29 is 4.52 Å². The van der Waals surface area contributed by atoms with E-state index in [4.69, 9.17) is 4.52 Å². The van der Waals surface area contributed by atoms with E-state index in [1.54, 1.807) is 0 Å². The van der Waals surface area contributed by atoms with Gasteiger partial charge >= 0.3 is 0 Å². The molecule has 89 valence electrons. The molecule has 1 radical (unpaired) electrons. The molecule has 1 heterocycles. The number of aromatic nitrogens is 1. The molecule has 0 saturated heterocycles. The second-order valence-corrected chi connectivity index (χ2v) is 4.91. The minimum absolute atomic E-state index is 0.800. The van der Waals surface area contributed by atoms with Gasteiger partial charge in [-0.25, -0.2) is 0 Å². The first kappa shape index (κ1) is 12.4. The summed E-state index contributed by atoms with van der Waals surface area (Å²) in [6.45, 7) is 4.12. The first-order valence-corrected chi connectivity index (χ1v) is 6.64. The number of hydrogen-bond acceptors (Lipinski definition) is 2. The highest BCUT2D eigenvalue weighted by Crippen LogP contribution is 2.31. The summed E-state index contributed by atoms with van der Waals surface area (Å²) >= 11 is 3.50. The predicted molar refractivity (Wildman–Crippen MR) is 71.8 cm³/mol. The zero-order valence-corrected chi connectivity index (χ0v) is 11.7. The minimum atomic E-state index is 0.800. The molecule has 0 atom stereocenters. The lowest BCUT2D eigenvalue weighted by Gasteiger charge is -2.02. The summed E-state index contributed by atoms with van der Waals surface area (Å²) in [5.74, 6) is 0.800. The Kier molecular flexibility index (Phi) is 4.00. The highest BCUT2D eigenvalue weighted by Gasteiger charge is 2.12. The fourth-order valence-corrected chi connectivity index (χ4v) is 2.08. The third kappa shape index (κ3) is 2.78. The van der Waals surface area contributed by atoms with Crippen LogP contribution in [0.4, 0.5) is 0 Å². The van der Waals surface area contributed by atoms with Crippen LogP contribution >= 0.6 is 15.9 Å². The third-order valence-electron chi connectivity index (χ3n) is 2.71. The number of nitrogens with zero attached hydrogens (tertiary/aromatic N) is 1. The van der Waals surface area contributed by atoms with Gasteiger partial charge in [-0.1, -0.05) is 30.6 Å². The van der Waals surface area contributed by atoms with Gasteiger partial charge in [-0.2, -0.15) is 0 Å². The van der Waals surface area contributed by atoms with Gasteiger partial charge in [-0.3, -0.25) is 0 Å². The number of halogens is 1. The van der Waals surface area contributed by atoms with E-state index >= 15 is 0 Å². The van der Waals surface area contributed by atoms with E-state index in [1.165, 1.54) is 18.4 Å². The van der Waals surface area contributed by atoms with Crippen molar-refractivity contribution in [2.24, 2.45) is 0 Å². The number of unbranched alkanes of at least 4 members (excludes halogenated alkanes) is 1. The summed E-state index contributed by atoms with van der Waals surface area (Å²) in [6, 6.07) is 9.34. The van der Waals surface area contributed by atoms with Crippen LogP contribution in [0.25, 0.3) is 11.3 Å². The molecule has 0 aliphatic rings. The molecule has 1 aromatic carbocycles. The molecule has 0 N–H and O–H groups in total. The number of hydrogen-bond donors (Lipinski definition) is 0. The van der Waals surface area contributed by atoms with Crippen LogP contribution in [0.3, 0.4) is 0 Å². The van der Waals surface area contributed by atoms with E-state index in [0.29, 0.717) is 0 Å². The third-order valence-corrected chi connectivity index (χ3v) is 3.65. The molecular weight excluding hydrogens is 278 g/mol. The van der Waals surface area contributed by atoms with Crippen LogP contribution in [0.2, 0.25) is 0 Å². The van der Waals surface area contributed by atoms with Crippen molar-refractivity contribution in [3.05, 3.63) is 40.0 Å². The Balaban J connectivity index is 2.30. The predicted octanol–water partition coefficient (Wildman–Crippen LogP) is 4.56. The molecule has 3 heteroatoms. The Hall–Kier alpha value is -1.09. The second kappa shape index (κ2) is 5.50. The lowest BCUT2D eigenvalue weighted by molar-refractivity contribution is 0.427. The van der Waals surface area contributed by atoms with Crippen LogP contribution in [-0.4, -0.2) is 5.16 Å². The van der Waals surface area contributed by atoms with Gasteiger partial charge in [0.05, 0.1) is 10.2 Å². The smallest absolute Gasteiger partial charge is 0.181 e. The lowest BCUT2D eigenvalue weighted by atomic mass is 10.0. The summed E-state index contributed by atoms with van der Waals surface area (Å²) in [7, 11) is 0. The fourth-order valence-electron chi connectivity index (χ4n) is 1.71. The Labute approximate surface area is 110 Å². The molecule has 0 unspecified atom stereocenters. The minimum Gasteiger partial charge on any atom is -0.355 e. The summed E-state index contributed by atoms with van der Waals surface area (Å²) in [4.78, 5) is 0. The average molecular weight is 293 g/mol. The summed E-state index contributed by atoms with van der Waals surface area (Å²) in [5, 5.41) is 3.95. The summed E-state index contributed by atoms with van der Waals surface area (Å²) in [6.07, 6.45) is 3.45. The number of aryl methyl sites for hydroxylation is 2. The van der Waals surface area contributed by atoms with Crippen LogP contribution in [0.5, 0.6) is 0 Å². The SMILES string of the molecule is CCCCc1[c]ccc(-c2onc(C)c2Br)c1. The van der Waals surface area contributed by atoms with Gasteiger partial charge < -0.3 is 4.52 Å². The van der Waals surface area contributed by atoms with Crippen molar-refractivity contribution in [3.8, 4) is 11.3 Å². The Morgan fingerprint density at radius 3 is 2.94 bits per heavy atom. The topological polar surface area (TPSA) is 26.0 Å². The molecule has 0 saturated carbocycles. The van der Waals surface area contributed by atoms with E-state index < -0.39 is 0 Å². The maximum atomic E-state index is 5.33. The van der Waals surface area contributed by atoms with Crippen LogP contribution in [-0.2, 0) is 6.42 Å². The standard InChI is InChI=1S/C14H15BrNO/c1-3-4-6-11-7-5-8-12(9-11)14-13(15)10(2)16-17-14/h5,8-9H,3-4,6H2,1-2H3. The molecule has 0 amide bonds. The highest BCUT2D eigenvalue weighted by molar-refractivity contribution is 9.10. The zero-order valence-electron chi connectivity index (χ0n) is 10.1. The van der Waals surface area contributed by atoms with Crippen molar-refractivity contribution in [1.29, 1.82) is 0 Å². The normalized spacial score (nSPS) is 10.8. The molecule has 0 bridgehead atoms. The molecule has 17 heavy (non-hydrogen) atoms. The van der Waals surface area contributed by atoms with Crippen LogP contribution in [0, 0.1) is 13.0 Å². The van der Waals surface area contributed by atoms with Crippen molar-refractivity contribution in [2.45, 2.75) is 33.1 Å². The average Bonchev–Trinajstić information content (AvgIpc) is 2.68. The maximum absolute atomic E-state index is 5.33. The van der Waals surface area contributed by atoms with Gasteiger partial charge in [0.1, 0.15) is 0 Å². The quantitative estimate of drug-likeness (QED) is 0.826. The largest absolute Gasteiger partial charge is 0.355 e. The Bertz CT molecular complexity index is 505. The molecule has 2 nitrogen and oxygen atoms in total. The number of rotatable bonds is 4. The van der Waals surface area contributed by atoms with Crippen molar-refractivity contribution in [3.63, 3.8) is 0 Å². The van der Waals surface area contributed by atoms with Crippen molar-refractivity contribution in [1.82, 2.24) is 5.16 Å². The monoisotopic (exact) mass is 292 g/mol. The molecule has 2 rings (SSSR count). The van der Waals surface area contributed by atoms with Gasteiger partial charge in [0.2, 0.25) is 0 Å². The highest BCUT2D eigenvalue weighted by atomic mass is 79.9. The van der Waals surface area contributed by atoms with Crippen LogP contribution in [0.15, 0.2) is 27.2 Å². The lowest BCUT2D eigenvalue weighted by Crippen LogP contribution is -1.86. The fraction of sp³-hybridized carbons (Fsp3) is 0.357. The molecule has 0 aliphatic heterocycles. The molecule has 1 aromatic heterocycles. The molecule has 0 spiro atoms. The van der Waals surface area contributed by atoms with Crippen LogP contribution < -0.4 is 0 Å². The number of benzene rings is 1. The van der Waals surface area contributed by atoms with E-state index in [0.717, 1.165) is 27.9 Å². The van der Waals surface area contributed by atoms with E-state index in [9.17, 15) is 0 Å². The molecule has 0 fully saturated rings. The van der Waals surface area contributed by atoms with Gasteiger partial charge in [0.15, 0.2) is 5.76 Å². The van der Waals surface area contributed by atoms with Crippen molar-refractivity contribution >= 4 is 15.9 Å². The van der Waals surface area contributed by atoms with Gasteiger partial charge in [0.25, 0.3) is 0 Å². The maximum Gasteiger partial charge on any atom is 0.181 e. The first-order chi connectivity index (χ1) is 8.22. The van der Waals surface area contributed by atoms with E-state index in [-0.39, 0.29) is 0 Å². The van der Waals surface area contributed by atoms with Gasteiger partial charge in [-0.15, -0.1) is 0 Å². The first-order valence-electron chi connectivity index (χ1n) is 5.85. The summed E-state index contributed by atoms with van der Waals surface area (Å²) in [5.41, 5.74) is 3.16. The zero-order chi connectivity index (χ0) is 12.3. The van der Waals surface area contributed by atoms with E-state index in [1.807, 2.05) is 19.1 Å². The summed E-state index contributed by atoms with van der Waals surface area (Å²) < 4.78 is 6.27. The van der Waals surface area contributed by atoms with E-state index in [2.05, 4.69) is 40.1 Å². The van der Waals surface area contributed by atoms with Gasteiger partial charge in [-0.05, 0) is 53.4 Å². The molecule has 0 aliphatic carbocycles. The van der Waals surface area contributed by atoms with Gasteiger partial charge in [0, 0.05) is 5.56 Å². The van der Waals surface area contributed by atoms with Crippen LogP contribution in [0.1, 0.15) is 31.0 Å². The van der Waals surface area contributed by atoms with Crippen molar-refractivity contribution in [2.75, 3.05) is 0 Å². The second-order valence-electron chi connectivity index (χ2n) is 4.12. The molecule has 2 aromatic rings. The Morgan fingerprint density at radius 2 is 2.29 bits per heavy atom.